The van der Waals surface area contributed by atoms with Crippen molar-refractivity contribution in [2.75, 3.05) is 0 Å². The molecule has 0 radical (unpaired) electrons. The van der Waals surface area contributed by atoms with Crippen molar-refractivity contribution in [2.24, 2.45) is 0 Å². The van der Waals surface area contributed by atoms with Crippen LogP contribution in [-0.2, 0) is 0 Å². The van der Waals surface area contributed by atoms with Gasteiger partial charge in [0.05, 0.1) is 0 Å². The molecule has 0 bridgehead atoms. The molecule has 0 unspecified atom stereocenters. The summed E-state index contributed by atoms with van der Waals surface area (Å²) in [7, 11) is -11.6. The molecule has 0 aromatic carbocycles. The van der Waals surface area contributed by atoms with Crippen molar-refractivity contribution in [3.63, 3.8) is 0 Å². The van der Waals surface area contributed by atoms with E-state index in [1.807, 2.05) is 0 Å². The average Bonchev–Trinajstić information content (AvgIpc) is 1.92. The molecule has 0 aromatic heterocycles. The lowest BCUT2D eigenvalue weighted by molar-refractivity contribution is -0.398. The average molecular weight is 361 g/mol. The third kappa shape index (κ3) is 3.92. The first kappa shape index (κ1) is 19.3. The predicted molar refractivity (Wildman–Crippen MR) is 37.2 cm³/mol. The Bertz CT molecular complexity index is 385. The third-order valence-electron chi connectivity index (χ3n) is 1.47. The van der Waals surface area contributed by atoms with Crippen LogP contribution in [0.15, 0.2) is 0 Å². The zero-order valence-electron chi connectivity index (χ0n) is 8.20. The first-order valence-corrected chi connectivity index (χ1v) is 5.63. The number of rotatable bonds is 4. The molecule has 0 heterocycles. The van der Waals surface area contributed by atoms with E-state index in [0.717, 1.165) is 0 Å². The van der Waals surface area contributed by atoms with Gasteiger partial charge in [0.2, 0.25) is 0 Å². The van der Waals surface area contributed by atoms with Crippen LogP contribution in [0.1, 0.15) is 0 Å². The number of halogens is 14. The summed E-state index contributed by atoms with van der Waals surface area (Å²) in [5, 5.41) is 0. The van der Waals surface area contributed by atoms with Gasteiger partial charge in [-0.3, -0.25) is 0 Å². The zero-order chi connectivity index (χ0) is 17.1. The van der Waals surface area contributed by atoms with Gasteiger partial charge in [-0.2, -0.15) is 39.5 Å². The second-order valence-corrected chi connectivity index (χ2v) is 5.43. The molecule has 0 aromatic rings. The molecule has 0 aliphatic rings. The molecule has 0 saturated heterocycles. The second-order valence-electron chi connectivity index (χ2n) is 3.29. The van der Waals surface area contributed by atoms with Crippen LogP contribution in [0.3, 0.4) is 0 Å². The Morgan fingerprint density at radius 3 is 1.05 bits per heavy atom. The molecule has 0 aliphatic heterocycles. The van der Waals surface area contributed by atoms with E-state index >= 15 is 0 Å². The van der Waals surface area contributed by atoms with Gasteiger partial charge in [0.15, 0.2) is 0 Å². The Labute approximate surface area is 99.3 Å². The van der Waals surface area contributed by atoms with Crippen molar-refractivity contribution in [2.45, 2.75) is 24.1 Å². The van der Waals surface area contributed by atoms with Gasteiger partial charge < -0.3 is 0 Å². The van der Waals surface area contributed by atoms with Crippen LogP contribution in [0.25, 0.3) is 0 Å². The van der Waals surface area contributed by atoms with E-state index in [1.165, 1.54) is 0 Å². The Morgan fingerprint density at radius 2 is 0.850 bits per heavy atom. The van der Waals surface area contributed by atoms with Gasteiger partial charge in [-0.25, -0.2) is 0 Å². The minimum absolute atomic E-state index is 2.31. The number of hydrogen-bond donors (Lipinski definition) is 1. The summed E-state index contributed by atoms with van der Waals surface area (Å²) in [6, 6.07) is -7.63. The highest BCUT2D eigenvalue weighted by Crippen LogP contribution is 2.95. The molecule has 0 amide bonds. The predicted octanol–water partition coefficient (Wildman–Crippen LogP) is 5.22. The van der Waals surface area contributed by atoms with E-state index in [1.54, 1.807) is 0 Å². The highest BCUT2D eigenvalue weighted by molar-refractivity contribution is 8.44. The van der Waals surface area contributed by atoms with E-state index < -0.39 is 39.2 Å². The topological polar surface area (TPSA) is 12.0 Å². The standard InChI is InChI=1S/C4HF14NS/c5-1(6,3(9,10)11)2(7,8)4(12,13)19-20(14,15,16,17)18/h19H. The van der Waals surface area contributed by atoms with E-state index in [-0.39, 0.29) is 0 Å². The lowest BCUT2D eigenvalue weighted by Gasteiger charge is -2.45. The van der Waals surface area contributed by atoms with E-state index in [2.05, 4.69) is 0 Å². The van der Waals surface area contributed by atoms with Crippen molar-refractivity contribution in [1.29, 1.82) is 0 Å². The van der Waals surface area contributed by atoms with E-state index in [9.17, 15) is 58.9 Å². The van der Waals surface area contributed by atoms with Crippen LogP contribution < -0.4 is 4.72 Å². The maximum atomic E-state index is 12.2. The lowest BCUT2D eigenvalue weighted by atomic mass is 10.1. The largest absolute Gasteiger partial charge is 0.460 e. The summed E-state index contributed by atoms with van der Waals surface area (Å²) in [4.78, 5) is 0. The van der Waals surface area contributed by atoms with Crippen LogP contribution in [0.5, 0.6) is 0 Å². The Kier molecular flexibility index (Phi) is 3.44. The first-order chi connectivity index (χ1) is 7.93. The lowest BCUT2D eigenvalue weighted by Crippen LogP contribution is -2.66. The molecular formula is C4HF14NS. The fraction of sp³-hybridized carbons (Fsp3) is 1.00. The highest BCUT2D eigenvalue weighted by Gasteiger charge is 2.85. The third-order valence-corrected chi connectivity index (χ3v) is 2.11. The molecular weight excluding hydrogens is 360 g/mol. The maximum Gasteiger partial charge on any atom is 0.460 e. The second kappa shape index (κ2) is 3.56. The normalized spacial score (nSPS) is 19.5. The van der Waals surface area contributed by atoms with Gasteiger partial charge in [-0.15, -0.1) is 4.72 Å². The molecule has 20 heavy (non-hydrogen) atoms. The van der Waals surface area contributed by atoms with Crippen molar-refractivity contribution >= 4 is 10.4 Å². The number of alkyl halides is 9. The summed E-state index contributed by atoms with van der Waals surface area (Å²) >= 11 is 0. The SMILES string of the molecule is FC(F)(F)C(F)(F)C(F)(F)C(F)(F)NS(F)(F)(F)(F)F. The van der Waals surface area contributed by atoms with Crippen molar-refractivity contribution in [3.05, 3.63) is 0 Å². The van der Waals surface area contributed by atoms with Gasteiger partial charge in [-0.1, -0.05) is 19.4 Å². The Morgan fingerprint density at radius 1 is 0.550 bits per heavy atom. The summed E-state index contributed by atoms with van der Waals surface area (Å²) in [5.41, 5.74) is 0. The summed E-state index contributed by atoms with van der Waals surface area (Å²) in [5.74, 6) is -15.5. The summed E-state index contributed by atoms with van der Waals surface area (Å²) in [6.45, 7) is 0. The number of hydrogen-bond acceptors (Lipinski definition) is 1. The highest BCUT2D eigenvalue weighted by atomic mass is 32.5. The van der Waals surface area contributed by atoms with Crippen LogP contribution >= 0.6 is 10.4 Å². The minimum atomic E-state index is -11.6. The van der Waals surface area contributed by atoms with Crippen molar-refractivity contribution in [3.8, 4) is 0 Å². The number of nitrogens with one attached hydrogen (secondary N) is 1. The zero-order valence-corrected chi connectivity index (χ0v) is 9.02. The summed E-state index contributed by atoms with van der Waals surface area (Å²) in [6.07, 6.45) is -7.42. The van der Waals surface area contributed by atoms with Crippen molar-refractivity contribution < 1.29 is 58.9 Å². The van der Waals surface area contributed by atoms with Crippen LogP contribution in [-0.4, -0.2) is 24.1 Å². The molecule has 0 rings (SSSR count). The van der Waals surface area contributed by atoms with Gasteiger partial charge in [0, 0.05) is 0 Å². The monoisotopic (exact) mass is 361 g/mol. The van der Waals surface area contributed by atoms with Gasteiger partial charge in [0.1, 0.15) is 0 Å². The Hall–Kier alpha value is -0.670. The van der Waals surface area contributed by atoms with Crippen LogP contribution in [0, 0.1) is 0 Å². The molecule has 16 heteroatoms. The molecule has 1 nitrogen and oxygen atoms in total. The van der Waals surface area contributed by atoms with E-state index in [4.69, 9.17) is 0 Å². The maximum absolute atomic E-state index is 12.2. The van der Waals surface area contributed by atoms with Crippen LogP contribution in [0.2, 0.25) is 0 Å². The molecule has 0 spiro atoms. The molecule has 0 saturated carbocycles. The quantitative estimate of drug-likeness (QED) is 0.535. The smallest absolute Gasteiger partial charge is 0.191 e. The van der Waals surface area contributed by atoms with Gasteiger partial charge >= 0.3 is 34.5 Å². The minimum Gasteiger partial charge on any atom is -0.191 e. The summed E-state index contributed by atoms with van der Waals surface area (Å²) < 4.78 is 162. The van der Waals surface area contributed by atoms with Gasteiger partial charge in [-0.05, 0) is 0 Å². The molecule has 0 aliphatic carbocycles. The van der Waals surface area contributed by atoms with Gasteiger partial charge in [0.25, 0.3) is 0 Å². The molecule has 0 fully saturated rings. The molecule has 126 valence electrons. The molecule has 1 N–H and O–H groups in total. The van der Waals surface area contributed by atoms with Crippen molar-refractivity contribution in [1.82, 2.24) is 4.72 Å². The molecule has 0 atom stereocenters. The fourth-order valence-electron chi connectivity index (χ4n) is 0.682. The fourth-order valence-corrected chi connectivity index (χ4v) is 1.29. The van der Waals surface area contributed by atoms with E-state index in [0.29, 0.717) is 0 Å². The first-order valence-electron chi connectivity index (χ1n) is 3.68. The Balaban J connectivity index is 5.86. The van der Waals surface area contributed by atoms with Crippen LogP contribution in [0.4, 0.5) is 58.9 Å².